The van der Waals surface area contributed by atoms with Crippen molar-refractivity contribution in [1.82, 2.24) is 0 Å². The predicted molar refractivity (Wildman–Crippen MR) is 73.9 cm³/mol. The van der Waals surface area contributed by atoms with Gasteiger partial charge in [-0.25, -0.2) is 8.42 Å². The van der Waals surface area contributed by atoms with Gasteiger partial charge in [0.15, 0.2) is 9.84 Å². The lowest BCUT2D eigenvalue weighted by atomic mass is 10.1. The summed E-state index contributed by atoms with van der Waals surface area (Å²) >= 11 is 0. The van der Waals surface area contributed by atoms with Gasteiger partial charge in [0.25, 0.3) is 5.69 Å². The molecule has 1 aliphatic rings. The van der Waals surface area contributed by atoms with Crippen molar-refractivity contribution in [3.05, 3.63) is 33.9 Å². The number of nitrogens with zero attached hydrogens (tertiary/aromatic N) is 2. The Hall–Kier alpha value is -1.96. The van der Waals surface area contributed by atoms with Crippen LogP contribution in [0.15, 0.2) is 18.2 Å². The highest BCUT2D eigenvalue weighted by Gasteiger charge is 2.31. The van der Waals surface area contributed by atoms with Crippen LogP contribution >= 0.6 is 0 Å². The minimum atomic E-state index is -3.09. The number of rotatable bonds is 3. The Morgan fingerprint density at radius 2 is 2.15 bits per heavy atom. The molecule has 1 atom stereocenters. The molecule has 0 saturated carbocycles. The van der Waals surface area contributed by atoms with Gasteiger partial charge < -0.3 is 4.90 Å². The SMILES string of the molecule is CC1CS(=O)(=O)CCN1c1ccc(C=O)cc1[N+](=O)[O-]. The van der Waals surface area contributed by atoms with E-state index in [9.17, 15) is 23.3 Å². The van der Waals surface area contributed by atoms with Crippen molar-refractivity contribution >= 4 is 27.5 Å². The molecular weight excluding hydrogens is 284 g/mol. The summed E-state index contributed by atoms with van der Waals surface area (Å²) < 4.78 is 23.1. The lowest BCUT2D eigenvalue weighted by Gasteiger charge is -2.34. The number of nitro benzene ring substituents is 1. The minimum Gasteiger partial charge on any atom is -0.361 e. The maximum atomic E-state index is 11.6. The molecule has 0 aliphatic carbocycles. The lowest BCUT2D eigenvalue weighted by Crippen LogP contribution is -2.47. The Labute approximate surface area is 116 Å². The number of hydrogen-bond donors (Lipinski definition) is 0. The Kier molecular flexibility index (Phi) is 3.76. The third-order valence-electron chi connectivity index (χ3n) is 3.31. The zero-order valence-corrected chi connectivity index (χ0v) is 11.7. The van der Waals surface area contributed by atoms with E-state index in [1.165, 1.54) is 18.2 Å². The highest BCUT2D eigenvalue weighted by Crippen LogP contribution is 2.31. The first-order chi connectivity index (χ1) is 9.34. The molecule has 0 N–H and O–H groups in total. The summed E-state index contributed by atoms with van der Waals surface area (Å²) in [6.07, 6.45) is 0.543. The van der Waals surface area contributed by atoms with Crippen molar-refractivity contribution in [2.45, 2.75) is 13.0 Å². The molecule has 0 spiro atoms. The maximum Gasteiger partial charge on any atom is 0.293 e. The standard InChI is InChI=1S/C12H14N2O5S/c1-9-8-20(18,19)5-4-13(9)11-3-2-10(7-15)6-12(11)14(16)17/h2-3,6-7,9H,4-5,8H2,1H3. The monoisotopic (exact) mass is 298 g/mol. The molecule has 8 heteroatoms. The van der Waals surface area contributed by atoms with E-state index >= 15 is 0 Å². The Bertz CT molecular complexity index is 656. The average Bonchev–Trinajstić information content (AvgIpc) is 2.37. The van der Waals surface area contributed by atoms with Gasteiger partial charge in [0.2, 0.25) is 0 Å². The molecule has 0 aromatic heterocycles. The van der Waals surface area contributed by atoms with Gasteiger partial charge in [-0.1, -0.05) is 0 Å². The van der Waals surface area contributed by atoms with Gasteiger partial charge >= 0.3 is 0 Å². The van der Waals surface area contributed by atoms with Crippen LogP contribution in [0.25, 0.3) is 0 Å². The van der Waals surface area contributed by atoms with E-state index in [2.05, 4.69) is 0 Å². The van der Waals surface area contributed by atoms with Crippen LogP contribution in [0.4, 0.5) is 11.4 Å². The first-order valence-electron chi connectivity index (χ1n) is 6.05. The van der Waals surface area contributed by atoms with Crippen molar-refractivity contribution in [1.29, 1.82) is 0 Å². The molecule has 7 nitrogen and oxygen atoms in total. The molecule has 0 radical (unpaired) electrons. The second-order valence-electron chi connectivity index (χ2n) is 4.78. The number of hydrogen-bond acceptors (Lipinski definition) is 6. The van der Waals surface area contributed by atoms with Gasteiger partial charge in [-0.3, -0.25) is 14.9 Å². The molecule has 20 heavy (non-hydrogen) atoms. The summed E-state index contributed by atoms with van der Waals surface area (Å²) in [5, 5.41) is 11.1. The van der Waals surface area contributed by atoms with E-state index in [0.717, 1.165) is 0 Å². The molecule has 0 bridgehead atoms. The Balaban J connectivity index is 2.42. The van der Waals surface area contributed by atoms with Gasteiger partial charge in [-0.05, 0) is 19.1 Å². The maximum absolute atomic E-state index is 11.6. The topological polar surface area (TPSA) is 97.6 Å². The summed E-state index contributed by atoms with van der Waals surface area (Å²) in [7, 11) is -3.09. The third-order valence-corrected chi connectivity index (χ3v) is 5.11. The van der Waals surface area contributed by atoms with Crippen LogP contribution in [-0.4, -0.2) is 43.7 Å². The average molecular weight is 298 g/mol. The van der Waals surface area contributed by atoms with E-state index in [1.54, 1.807) is 11.8 Å². The smallest absolute Gasteiger partial charge is 0.293 e. The molecule has 1 unspecified atom stereocenters. The van der Waals surface area contributed by atoms with Crippen molar-refractivity contribution in [2.75, 3.05) is 23.0 Å². The molecule has 1 aliphatic heterocycles. The molecule has 108 valence electrons. The highest BCUT2D eigenvalue weighted by molar-refractivity contribution is 7.91. The zero-order valence-electron chi connectivity index (χ0n) is 10.9. The number of anilines is 1. The molecule has 1 fully saturated rings. The van der Waals surface area contributed by atoms with E-state index in [-0.39, 0.29) is 35.3 Å². The number of carbonyl (C=O) groups is 1. The summed E-state index contributed by atoms with van der Waals surface area (Å²) in [4.78, 5) is 23.0. The van der Waals surface area contributed by atoms with Crippen LogP contribution in [0, 0.1) is 10.1 Å². The minimum absolute atomic E-state index is 0.0239. The number of carbonyl (C=O) groups excluding carboxylic acids is 1. The fourth-order valence-electron chi connectivity index (χ4n) is 2.36. The molecule has 2 rings (SSSR count). The summed E-state index contributed by atoms with van der Waals surface area (Å²) in [5.41, 5.74) is 0.390. The fraction of sp³-hybridized carbons (Fsp3) is 0.417. The Morgan fingerprint density at radius 1 is 1.45 bits per heavy atom. The van der Waals surface area contributed by atoms with E-state index in [0.29, 0.717) is 12.0 Å². The molecular formula is C12H14N2O5S. The summed E-state index contributed by atoms with van der Waals surface area (Å²) in [6, 6.07) is 3.86. The van der Waals surface area contributed by atoms with Crippen molar-refractivity contribution in [3.8, 4) is 0 Å². The zero-order chi connectivity index (χ0) is 14.9. The van der Waals surface area contributed by atoms with E-state index < -0.39 is 14.8 Å². The fourth-order valence-corrected chi connectivity index (χ4v) is 3.92. The van der Waals surface area contributed by atoms with Crippen molar-refractivity contribution < 1.29 is 18.1 Å². The van der Waals surface area contributed by atoms with Crippen LogP contribution in [0.2, 0.25) is 0 Å². The second-order valence-corrected chi connectivity index (χ2v) is 7.01. The van der Waals surface area contributed by atoms with Crippen molar-refractivity contribution in [3.63, 3.8) is 0 Å². The number of nitro groups is 1. The lowest BCUT2D eigenvalue weighted by molar-refractivity contribution is -0.384. The van der Waals surface area contributed by atoms with Gasteiger partial charge in [-0.15, -0.1) is 0 Å². The van der Waals surface area contributed by atoms with Crippen molar-refractivity contribution in [2.24, 2.45) is 0 Å². The first-order valence-corrected chi connectivity index (χ1v) is 7.87. The van der Waals surface area contributed by atoms with Crippen LogP contribution < -0.4 is 4.90 Å². The van der Waals surface area contributed by atoms with Crippen LogP contribution in [0.5, 0.6) is 0 Å². The molecule has 1 aromatic rings. The Morgan fingerprint density at radius 3 is 2.70 bits per heavy atom. The number of sulfone groups is 1. The molecule has 0 amide bonds. The third kappa shape index (κ3) is 2.79. The molecule has 1 saturated heterocycles. The largest absolute Gasteiger partial charge is 0.361 e. The number of aldehydes is 1. The van der Waals surface area contributed by atoms with Gasteiger partial charge in [-0.2, -0.15) is 0 Å². The van der Waals surface area contributed by atoms with Crippen LogP contribution in [0.1, 0.15) is 17.3 Å². The molecule has 1 aromatic carbocycles. The predicted octanol–water partition coefficient (Wildman–Crippen LogP) is 1.03. The summed E-state index contributed by atoms with van der Waals surface area (Å²) in [5.74, 6) is -0.0521. The second kappa shape index (κ2) is 5.20. The van der Waals surface area contributed by atoms with E-state index in [4.69, 9.17) is 0 Å². The van der Waals surface area contributed by atoms with Crippen LogP contribution in [0.3, 0.4) is 0 Å². The van der Waals surface area contributed by atoms with E-state index in [1.807, 2.05) is 0 Å². The highest BCUT2D eigenvalue weighted by atomic mass is 32.2. The normalized spacial score (nSPS) is 21.4. The summed E-state index contributed by atoms with van der Waals surface area (Å²) in [6.45, 7) is 1.93. The quantitative estimate of drug-likeness (QED) is 0.469. The van der Waals surface area contributed by atoms with Gasteiger partial charge in [0.1, 0.15) is 12.0 Å². The number of benzene rings is 1. The van der Waals surface area contributed by atoms with Gasteiger partial charge in [0, 0.05) is 24.2 Å². The van der Waals surface area contributed by atoms with Gasteiger partial charge in [0.05, 0.1) is 16.4 Å². The first kappa shape index (κ1) is 14.4. The van der Waals surface area contributed by atoms with Crippen LogP contribution in [-0.2, 0) is 9.84 Å². The molecule has 1 heterocycles.